The van der Waals surface area contributed by atoms with Crippen LogP contribution in [0, 0.1) is 11.8 Å². The van der Waals surface area contributed by atoms with Crippen LogP contribution < -0.4 is 0 Å². The van der Waals surface area contributed by atoms with Crippen LogP contribution in [0.25, 0.3) is 0 Å². The molecule has 1 unspecified atom stereocenters. The molecule has 1 rings (SSSR count). The van der Waals surface area contributed by atoms with Crippen molar-refractivity contribution in [2.24, 2.45) is 11.8 Å². The molecule has 0 saturated carbocycles. The summed E-state index contributed by atoms with van der Waals surface area (Å²) in [6.07, 6.45) is -2.29. The highest BCUT2D eigenvalue weighted by molar-refractivity contribution is 5.69. The topological polar surface area (TPSA) is 141 Å². The molecule has 114 valence electrons. The average molecular weight is 290 g/mol. The Hall–Kier alpha value is -1.67. The Morgan fingerprint density at radius 2 is 1.50 bits per heavy atom. The fourth-order valence-electron chi connectivity index (χ4n) is 2.68. The number of hydrogen-bond donors (Lipinski definition) is 4. The van der Waals surface area contributed by atoms with E-state index in [0.717, 1.165) is 0 Å². The van der Waals surface area contributed by atoms with Crippen molar-refractivity contribution in [2.75, 3.05) is 6.61 Å². The summed E-state index contributed by atoms with van der Waals surface area (Å²) in [6, 6.07) is 0. The Morgan fingerprint density at radius 3 is 1.95 bits per heavy atom. The maximum absolute atomic E-state index is 10.9. The zero-order valence-electron chi connectivity index (χ0n) is 10.8. The lowest BCUT2D eigenvalue weighted by atomic mass is 9.77. The number of aliphatic hydroxyl groups excluding tert-OH is 1. The molecule has 1 heterocycles. The van der Waals surface area contributed by atoms with Gasteiger partial charge in [0.05, 0.1) is 31.7 Å². The van der Waals surface area contributed by atoms with Gasteiger partial charge in [0.25, 0.3) is 0 Å². The second-order valence-electron chi connectivity index (χ2n) is 4.93. The van der Waals surface area contributed by atoms with E-state index in [2.05, 4.69) is 0 Å². The van der Waals surface area contributed by atoms with Gasteiger partial charge in [0.1, 0.15) is 0 Å². The van der Waals surface area contributed by atoms with Crippen molar-refractivity contribution in [1.29, 1.82) is 0 Å². The van der Waals surface area contributed by atoms with Crippen LogP contribution in [0.2, 0.25) is 0 Å². The Labute approximate surface area is 115 Å². The molecule has 0 amide bonds. The van der Waals surface area contributed by atoms with Crippen LogP contribution in [0.4, 0.5) is 0 Å². The number of carboxylic acid groups (broad SMARTS) is 3. The number of rotatable bonds is 7. The summed E-state index contributed by atoms with van der Waals surface area (Å²) in [4.78, 5) is 32.4. The first-order valence-electron chi connectivity index (χ1n) is 6.25. The molecule has 1 aliphatic heterocycles. The normalized spacial score (nSPS) is 29.9. The monoisotopic (exact) mass is 290 g/mol. The predicted octanol–water partition coefficient (Wildman–Crippen LogP) is -0.207. The molecule has 0 aromatic heterocycles. The molecule has 1 fully saturated rings. The summed E-state index contributed by atoms with van der Waals surface area (Å²) < 4.78 is 5.38. The van der Waals surface area contributed by atoms with Crippen molar-refractivity contribution in [2.45, 2.75) is 37.9 Å². The molecule has 4 atom stereocenters. The van der Waals surface area contributed by atoms with Gasteiger partial charge in [-0.2, -0.15) is 0 Å². The lowest BCUT2D eigenvalue weighted by Crippen LogP contribution is -2.45. The molecular weight excluding hydrogens is 272 g/mol. The van der Waals surface area contributed by atoms with Gasteiger partial charge in [0, 0.05) is 12.3 Å². The maximum Gasteiger partial charge on any atom is 0.305 e. The molecule has 0 aromatic rings. The minimum Gasteiger partial charge on any atom is -0.481 e. The second-order valence-corrected chi connectivity index (χ2v) is 4.93. The molecule has 0 bridgehead atoms. The van der Waals surface area contributed by atoms with Crippen LogP contribution >= 0.6 is 0 Å². The van der Waals surface area contributed by atoms with Crippen molar-refractivity contribution in [3.8, 4) is 0 Å². The fourth-order valence-corrected chi connectivity index (χ4v) is 2.68. The van der Waals surface area contributed by atoms with Crippen LogP contribution in [0.3, 0.4) is 0 Å². The number of carboxylic acids is 3. The zero-order valence-corrected chi connectivity index (χ0v) is 10.8. The molecule has 8 heteroatoms. The SMILES string of the molecule is O=C(O)CC1C[C@H](CC(=O)O)[C@H](CC(=O)O)[C@H](CO)O1. The summed E-state index contributed by atoms with van der Waals surface area (Å²) in [5.74, 6) is -4.45. The van der Waals surface area contributed by atoms with E-state index in [9.17, 15) is 19.5 Å². The Bertz CT molecular complexity index is 380. The summed E-state index contributed by atoms with van der Waals surface area (Å²) in [5.41, 5.74) is 0. The standard InChI is InChI=1S/C12H18O8/c13-5-9-8(4-12(18)19)6(2-10(14)15)1-7(20-9)3-11(16)17/h6-9,13H,1-5H2,(H,14,15)(H,16,17)(H,18,19)/t6-,7?,8+,9+/m1/s1. The quantitative estimate of drug-likeness (QED) is 0.504. The minimum atomic E-state index is -1.11. The van der Waals surface area contributed by atoms with Gasteiger partial charge in [-0.05, 0) is 12.3 Å². The highest BCUT2D eigenvalue weighted by atomic mass is 16.5. The van der Waals surface area contributed by atoms with Crippen molar-refractivity contribution < 1.29 is 39.5 Å². The molecule has 8 nitrogen and oxygen atoms in total. The lowest BCUT2D eigenvalue weighted by molar-refractivity contribution is -0.165. The van der Waals surface area contributed by atoms with Crippen molar-refractivity contribution in [3.05, 3.63) is 0 Å². The molecule has 0 aromatic carbocycles. The Balaban J connectivity index is 2.86. The number of ether oxygens (including phenoxy) is 1. The van der Waals surface area contributed by atoms with Gasteiger partial charge in [-0.3, -0.25) is 14.4 Å². The van der Waals surface area contributed by atoms with E-state index in [-0.39, 0.29) is 25.7 Å². The van der Waals surface area contributed by atoms with Gasteiger partial charge in [0.15, 0.2) is 0 Å². The van der Waals surface area contributed by atoms with Gasteiger partial charge in [-0.15, -0.1) is 0 Å². The number of hydrogen-bond acceptors (Lipinski definition) is 5. The van der Waals surface area contributed by atoms with Crippen molar-refractivity contribution in [1.82, 2.24) is 0 Å². The molecule has 0 radical (unpaired) electrons. The van der Waals surface area contributed by atoms with E-state index in [1.165, 1.54) is 0 Å². The van der Waals surface area contributed by atoms with Gasteiger partial charge in [-0.1, -0.05) is 0 Å². The number of aliphatic hydroxyl groups is 1. The molecule has 0 spiro atoms. The van der Waals surface area contributed by atoms with E-state index in [0.29, 0.717) is 0 Å². The smallest absolute Gasteiger partial charge is 0.305 e. The first-order valence-corrected chi connectivity index (χ1v) is 6.25. The average Bonchev–Trinajstić information content (AvgIpc) is 2.30. The fraction of sp³-hybridized carbons (Fsp3) is 0.750. The minimum absolute atomic E-state index is 0.160. The molecule has 1 aliphatic rings. The van der Waals surface area contributed by atoms with Crippen LogP contribution in [0.5, 0.6) is 0 Å². The summed E-state index contributed by atoms with van der Waals surface area (Å²) in [6.45, 7) is -0.468. The van der Waals surface area contributed by atoms with Gasteiger partial charge >= 0.3 is 17.9 Å². The Morgan fingerprint density at radius 1 is 0.950 bits per heavy atom. The van der Waals surface area contributed by atoms with Crippen molar-refractivity contribution >= 4 is 17.9 Å². The first-order chi connectivity index (χ1) is 9.33. The van der Waals surface area contributed by atoms with E-state index in [1.807, 2.05) is 0 Å². The highest BCUT2D eigenvalue weighted by Crippen LogP contribution is 2.36. The maximum atomic E-state index is 10.9. The second kappa shape index (κ2) is 7.20. The number of aliphatic carboxylic acids is 3. The zero-order chi connectivity index (χ0) is 15.3. The Kier molecular flexibility index (Phi) is 5.90. The summed E-state index contributed by atoms with van der Waals surface area (Å²) in [5, 5.41) is 35.8. The third-order valence-corrected chi connectivity index (χ3v) is 3.45. The largest absolute Gasteiger partial charge is 0.481 e. The van der Waals surface area contributed by atoms with Gasteiger partial charge in [-0.25, -0.2) is 0 Å². The van der Waals surface area contributed by atoms with E-state index < -0.39 is 48.6 Å². The molecule has 20 heavy (non-hydrogen) atoms. The third-order valence-electron chi connectivity index (χ3n) is 3.45. The van der Waals surface area contributed by atoms with Crippen LogP contribution in [0.1, 0.15) is 25.7 Å². The predicted molar refractivity (Wildman–Crippen MR) is 64.1 cm³/mol. The van der Waals surface area contributed by atoms with Gasteiger partial charge < -0.3 is 25.2 Å². The van der Waals surface area contributed by atoms with E-state index in [1.54, 1.807) is 0 Å². The van der Waals surface area contributed by atoms with E-state index >= 15 is 0 Å². The number of carbonyl (C=O) groups is 3. The molecule has 4 N–H and O–H groups in total. The highest BCUT2D eigenvalue weighted by Gasteiger charge is 2.40. The van der Waals surface area contributed by atoms with E-state index in [4.69, 9.17) is 20.1 Å². The summed E-state index contributed by atoms with van der Waals surface area (Å²) in [7, 11) is 0. The van der Waals surface area contributed by atoms with Gasteiger partial charge in [0.2, 0.25) is 0 Å². The first kappa shape index (κ1) is 16.4. The van der Waals surface area contributed by atoms with Crippen molar-refractivity contribution in [3.63, 3.8) is 0 Å². The molecule has 1 saturated heterocycles. The van der Waals surface area contributed by atoms with Crippen LogP contribution in [-0.2, 0) is 19.1 Å². The molecule has 0 aliphatic carbocycles. The van der Waals surface area contributed by atoms with Crippen LogP contribution in [-0.4, -0.2) is 57.1 Å². The van der Waals surface area contributed by atoms with Crippen LogP contribution in [0.15, 0.2) is 0 Å². The summed E-state index contributed by atoms with van der Waals surface area (Å²) >= 11 is 0. The molecular formula is C12H18O8. The lowest BCUT2D eigenvalue weighted by Gasteiger charge is -2.40. The third kappa shape index (κ3) is 4.78.